The Kier molecular flexibility index (Phi) is 5.71. The summed E-state index contributed by atoms with van der Waals surface area (Å²) in [7, 11) is 1.38. The van der Waals surface area contributed by atoms with Gasteiger partial charge in [0.15, 0.2) is 11.6 Å². The molecule has 0 unspecified atom stereocenters. The van der Waals surface area contributed by atoms with Gasteiger partial charge in [-0.3, -0.25) is 4.79 Å². The number of amides is 1. The van der Waals surface area contributed by atoms with Crippen LogP contribution in [0.25, 0.3) is 11.3 Å². The van der Waals surface area contributed by atoms with Gasteiger partial charge in [-0.2, -0.15) is 9.97 Å². The number of benzene rings is 2. The third-order valence-corrected chi connectivity index (χ3v) is 3.85. The molecule has 7 heteroatoms. The first-order valence-corrected chi connectivity index (χ1v) is 8.27. The van der Waals surface area contributed by atoms with Crippen LogP contribution in [0.3, 0.4) is 0 Å². The Morgan fingerprint density at radius 1 is 1.04 bits per heavy atom. The lowest BCUT2D eigenvalue weighted by molar-refractivity contribution is -0.116. The Morgan fingerprint density at radius 2 is 1.81 bits per heavy atom. The van der Waals surface area contributed by atoms with Gasteiger partial charge < -0.3 is 10.1 Å². The van der Waals surface area contributed by atoms with E-state index in [1.807, 2.05) is 30.3 Å². The summed E-state index contributed by atoms with van der Waals surface area (Å²) in [5.74, 6) is -1.94. The Hall–Kier alpha value is -3.35. The molecule has 0 spiro atoms. The number of aryl methyl sites for hydroxylation is 1. The van der Waals surface area contributed by atoms with Gasteiger partial charge in [-0.15, -0.1) is 0 Å². The number of nitrogens with one attached hydrogen (secondary N) is 1. The summed E-state index contributed by atoms with van der Waals surface area (Å²) in [4.78, 5) is 20.4. The van der Waals surface area contributed by atoms with Gasteiger partial charge in [-0.25, -0.2) is 8.78 Å². The van der Waals surface area contributed by atoms with Gasteiger partial charge >= 0.3 is 6.01 Å². The van der Waals surface area contributed by atoms with Gasteiger partial charge in [0.1, 0.15) is 5.82 Å². The third kappa shape index (κ3) is 4.84. The Morgan fingerprint density at radius 3 is 2.52 bits per heavy atom. The number of carbonyl (C=O) groups excluding carboxylic acids is 1. The van der Waals surface area contributed by atoms with Gasteiger partial charge in [-0.05, 0) is 30.2 Å². The molecule has 0 fully saturated rings. The van der Waals surface area contributed by atoms with Crippen LogP contribution in [-0.2, 0) is 11.2 Å². The van der Waals surface area contributed by atoms with E-state index in [9.17, 15) is 13.6 Å². The van der Waals surface area contributed by atoms with Crippen LogP contribution < -0.4 is 10.1 Å². The highest BCUT2D eigenvalue weighted by Crippen LogP contribution is 2.24. The Bertz CT molecular complexity index is 949. The molecule has 0 aliphatic heterocycles. The van der Waals surface area contributed by atoms with E-state index in [2.05, 4.69) is 15.3 Å². The van der Waals surface area contributed by atoms with Crippen molar-refractivity contribution in [3.63, 3.8) is 0 Å². The zero-order valence-corrected chi connectivity index (χ0v) is 14.6. The molecule has 1 amide bonds. The highest BCUT2D eigenvalue weighted by molar-refractivity contribution is 5.90. The molecule has 2 aromatic carbocycles. The zero-order chi connectivity index (χ0) is 19.2. The number of halogens is 2. The number of hydrogen-bond acceptors (Lipinski definition) is 4. The SMILES string of the molecule is COc1nc(NC(=O)CCc2ccccc2)cc(-c2ccc(F)c(F)c2)n1. The maximum Gasteiger partial charge on any atom is 0.318 e. The molecular formula is C20H17F2N3O2. The van der Waals surface area contributed by atoms with Crippen molar-refractivity contribution in [3.05, 3.63) is 71.8 Å². The second-order valence-corrected chi connectivity index (χ2v) is 5.79. The van der Waals surface area contributed by atoms with Crippen molar-refractivity contribution >= 4 is 11.7 Å². The quantitative estimate of drug-likeness (QED) is 0.713. The van der Waals surface area contributed by atoms with E-state index in [1.165, 1.54) is 19.2 Å². The average molecular weight is 369 g/mol. The molecule has 0 bridgehead atoms. The van der Waals surface area contributed by atoms with Gasteiger partial charge in [0.25, 0.3) is 0 Å². The van der Waals surface area contributed by atoms with E-state index in [4.69, 9.17) is 4.74 Å². The molecule has 5 nitrogen and oxygen atoms in total. The smallest absolute Gasteiger partial charge is 0.318 e. The van der Waals surface area contributed by atoms with E-state index < -0.39 is 11.6 Å². The highest BCUT2D eigenvalue weighted by atomic mass is 19.2. The summed E-state index contributed by atoms with van der Waals surface area (Å²) in [6.45, 7) is 0. The molecule has 138 valence electrons. The summed E-state index contributed by atoms with van der Waals surface area (Å²) < 4.78 is 31.7. The van der Waals surface area contributed by atoms with Crippen LogP contribution in [0.1, 0.15) is 12.0 Å². The largest absolute Gasteiger partial charge is 0.467 e. The van der Waals surface area contributed by atoms with Crippen molar-refractivity contribution in [3.8, 4) is 17.3 Å². The molecular weight excluding hydrogens is 352 g/mol. The molecule has 0 aliphatic rings. The summed E-state index contributed by atoms with van der Waals surface area (Å²) in [5, 5.41) is 2.69. The lowest BCUT2D eigenvalue weighted by Gasteiger charge is -2.09. The molecule has 0 saturated heterocycles. The van der Waals surface area contributed by atoms with Crippen LogP contribution in [0.4, 0.5) is 14.6 Å². The number of methoxy groups -OCH3 is 1. The minimum absolute atomic E-state index is 0.00981. The third-order valence-electron chi connectivity index (χ3n) is 3.85. The van der Waals surface area contributed by atoms with Crippen molar-refractivity contribution < 1.29 is 18.3 Å². The number of nitrogens with zero attached hydrogens (tertiary/aromatic N) is 2. The number of aromatic nitrogens is 2. The number of ether oxygens (including phenoxy) is 1. The van der Waals surface area contributed by atoms with Crippen LogP contribution in [0.15, 0.2) is 54.6 Å². The minimum atomic E-state index is -0.987. The molecule has 0 radical (unpaired) electrons. The summed E-state index contributed by atoms with van der Waals surface area (Å²) in [6, 6.07) is 14.6. The fraction of sp³-hybridized carbons (Fsp3) is 0.150. The first kappa shape index (κ1) is 18.4. The molecule has 3 rings (SSSR count). The van der Waals surface area contributed by atoms with E-state index in [0.717, 1.165) is 17.7 Å². The van der Waals surface area contributed by atoms with Gasteiger partial charge in [0.2, 0.25) is 5.91 Å². The number of hydrogen-bond donors (Lipinski definition) is 1. The fourth-order valence-electron chi connectivity index (χ4n) is 2.49. The lowest BCUT2D eigenvalue weighted by atomic mass is 10.1. The van der Waals surface area contributed by atoms with E-state index in [0.29, 0.717) is 17.7 Å². The first-order valence-electron chi connectivity index (χ1n) is 8.27. The predicted octanol–water partition coefficient (Wildman–Crippen LogP) is 4.00. The standard InChI is InChI=1S/C20H17F2N3O2/c1-27-20-23-17(14-8-9-15(21)16(22)11-14)12-18(25-20)24-19(26)10-7-13-5-3-2-4-6-13/h2-6,8-9,11-12H,7,10H2,1H3,(H,23,24,25,26). The maximum absolute atomic E-state index is 13.5. The lowest BCUT2D eigenvalue weighted by Crippen LogP contribution is -2.14. The Balaban J connectivity index is 1.76. The van der Waals surface area contributed by atoms with E-state index in [-0.39, 0.29) is 24.2 Å². The van der Waals surface area contributed by atoms with Crippen LogP contribution in [-0.4, -0.2) is 23.0 Å². The van der Waals surface area contributed by atoms with Crippen LogP contribution in [0, 0.1) is 11.6 Å². The van der Waals surface area contributed by atoms with Crippen LogP contribution >= 0.6 is 0 Å². The predicted molar refractivity (Wildman–Crippen MR) is 97.3 cm³/mol. The maximum atomic E-state index is 13.5. The van der Waals surface area contributed by atoms with Crippen LogP contribution in [0.5, 0.6) is 6.01 Å². The molecule has 1 N–H and O–H groups in total. The summed E-state index contributed by atoms with van der Waals surface area (Å²) in [5.41, 5.74) is 1.70. The fourth-order valence-corrected chi connectivity index (χ4v) is 2.49. The monoisotopic (exact) mass is 369 g/mol. The van der Waals surface area contributed by atoms with Crippen molar-refractivity contribution in [1.82, 2.24) is 9.97 Å². The molecule has 27 heavy (non-hydrogen) atoms. The second kappa shape index (κ2) is 8.35. The van der Waals surface area contributed by atoms with Gasteiger partial charge in [-0.1, -0.05) is 30.3 Å². The van der Waals surface area contributed by atoms with Gasteiger partial charge in [0.05, 0.1) is 12.8 Å². The van der Waals surface area contributed by atoms with E-state index >= 15 is 0 Å². The zero-order valence-electron chi connectivity index (χ0n) is 14.6. The Labute approximate surface area is 155 Å². The molecule has 0 aliphatic carbocycles. The van der Waals surface area contributed by atoms with Crippen molar-refractivity contribution in [2.24, 2.45) is 0 Å². The topological polar surface area (TPSA) is 64.1 Å². The van der Waals surface area contributed by atoms with Crippen LogP contribution in [0.2, 0.25) is 0 Å². The molecule has 0 saturated carbocycles. The molecule has 0 atom stereocenters. The second-order valence-electron chi connectivity index (χ2n) is 5.79. The summed E-state index contributed by atoms with van der Waals surface area (Å²) in [6.07, 6.45) is 0.863. The molecule has 3 aromatic rings. The molecule has 1 aromatic heterocycles. The number of rotatable bonds is 6. The normalized spacial score (nSPS) is 10.5. The van der Waals surface area contributed by atoms with E-state index in [1.54, 1.807) is 0 Å². The van der Waals surface area contributed by atoms with Crippen molar-refractivity contribution in [1.29, 1.82) is 0 Å². The van der Waals surface area contributed by atoms with Gasteiger partial charge in [0, 0.05) is 18.1 Å². The van der Waals surface area contributed by atoms with Crippen molar-refractivity contribution in [2.75, 3.05) is 12.4 Å². The summed E-state index contributed by atoms with van der Waals surface area (Å²) >= 11 is 0. The number of carbonyl (C=O) groups is 1. The number of anilines is 1. The molecule has 1 heterocycles. The first-order chi connectivity index (χ1) is 13.0. The minimum Gasteiger partial charge on any atom is -0.467 e. The van der Waals surface area contributed by atoms with Crippen molar-refractivity contribution in [2.45, 2.75) is 12.8 Å². The highest BCUT2D eigenvalue weighted by Gasteiger charge is 2.12. The average Bonchev–Trinajstić information content (AvgIpc) is 2.69.